The Balaban J connectivity index is 2.02. The summed E-state index contributed by atoms with van der Waals surface area (Å²) in [6.45, 7) is 2.25. The van der Waals surface area contributed by atoms with E-state index < -0.39 is 6.10 Å². The Morgan fingerprint density at radius 3 is 2.71 bits per heavy atom. The van der Waals surface area contributed by atoms with Gasteiger partial charge in [0.25, 0.3) is 0 Å². The number of benzene rings is 2. The van der Waals surface area contributed by atoms with Crippen molar-refractivity contribution in [3.05, 3.63) is 62.8 Å². The van der Waals surface area contributed by atoms with E-state index in [0.29, 0.717) is 6.61 Å². The van der Waals surface area contributed by atoms with Crippen LogP contribution in [0.2, 0.25) is 0 Å². The first-order chi connectivity index (χ1) is 10.2. The average molecular weight is 363 g/mol. The molecule has 0 aliphatic carbocycles. The second-order valence-corrected chi connectivity index (χ2v) is 6.72. The molecule has 2 nitrogen and oxygen atoms in total. The minimum atomic E-state index is -0.559. The van der Waals surface area contributed by atoms with Crippen LogP contribution in [0.15, 0.2) is 52.3 Å². The highest BCUT2D eigenvalue weighted by atomic mass is 79.9. The van der Waals surface area contributed by atoms with Gasteiger partial charge < -0.3 is 9.84 Å². The highest BCUT2D eigenvalue weighted by Gasteiger charge is 2.14. The Labute approximate surface area is 136 Å². The third kappa shape index (κ3) is 2.98. The molecule has 4 heteroatoms. The van der Waals surface area contributed by atoms with Gasteiger partial charge in [-0.2, -0.15) is 0 Å². The van der Waals surface area contributed by atoms with Crippen molar-refractivity contribution in [3.8, 4) is 5.75 Å². The molecule has 0 fully saturated rings. The molecule has 0 unspecified atom stereocenters. The van der Waals surface area contributed by atoms with Crippen molar-refractivity contribution in [2.24, 2.45) is 0 Å². The van der Waals surface area contributed by atoms with Gasteiger partial charge in [0.15, 0.2) is 0 Å². The topological polar surface area (TPSA) is 29.5 Å². The van der Waals surface area contributed by atoms with E-state index in [-0.39, 0.29) is 0 Å². The maximum absolute atomic E-state index is 9.99. The molecule has 0 aliphatic heterocycles. The normalized spacial score (nSPS) is 12.5. The van der Waals surface area contributed by atoms with E-state index in [1.165, 1.54) is 0 Å². The number of aliphatic hydroxyl groups is 1. The molecule has 0 saturated heterocycles. The lowest BCUT2D eigenvalue weighted by Crippen LogP contribution is -2.01. The predicted octanol–water partition coefficient (Wildman–Crippen LogP) is 5.30. The summed E-state index contributed by atoms with van der Waals surface area (Å²) in [6, 6.07) is 14.0. The molecule has 3 aromatic rings. The van der Waals surface area contributed by atoms with Crippen molar-refractivity contribution in [3.63, 3.8) is 0 Å². The van der Waals surface area contributed by atoms with Gasteiger partial charge in [0.2, 0.25) is 0 Å². The lowest BCUT2D eigenvalue weighted by atomic mass is 10.0. The molecule has 0 aliphatic rings. The first-order valence-electron chi connectivity index (χ1n) is 6.71. The quantitative estimate of drug-likeness (QED) is 0.682. The Kier molecular flexibility index (Phi) is 4.29. The van der Waals surface area contributed by atoms with Gasteiger partial charge in [-0.25, -0.2) is 0 Å². The lowest BCUT2D eigenvalue weighted by molar-refractivity contribution is 0.191. The maximum Gasteiger partial charge on any atom is 0.133 e. The molecule has 1 heterocycles. The van der Waals surface area contributed by atoms with Gasteiger partial charge in [0.1, 0.15) is 12.4 Å². The van der Waals surface area contributed by atoms with Crippen molar-refractivity contribution in [2.45, 2.75) is 19.6 Å². The van der Waals surface area contributed by atoms with Gasteiger partial charge in [-0.1, -0.05) is 36.4 Å². The second kappa shape index (κ2) is 6.18. The summed E-state index contributed by atoms with van der Waals surface area (Å²) in [7, 11) is 0. The van der Waals surface area contributed by atoms with Crippen molar-refractivity contribution in [2.75, 3.05) is 0 Å². The minimum absolute atomic E-state index is 0.492. The average Bonchev–Trinajstić information content (AvgIpc) is 2.89. The summed E-state index contributed by atoms with van der Waals surface area (Å²) >= 11 is 5.17. The fourth-order valence-corrected chi connectivity index (χ4v) is 3.69. The van der Waals surface area contributed by atoms with Gasteiger partial charge in [-0.05, 0) is 39.7 Å². The molecule has 21 heavy (non-hydrogen) atoms. The molecule has 0 amide bonds. The molecule has 1 aromatic heterocycles. The van der Waals surface area contributed by atoms with Crippen molar-refractivity contribution in [1.82, 2.24) is 0 Å². The molecule has 1 atom stereocenters. The Bertz CT molecular complexity index is 764. The second-order valence-electron chi connectivity index (χ2n) is 4.86. The van der Waals surface area contributed by atoms with E-state index >= 15 is 0 Å². The van der Waals surface area contributed by atoms with Crippen molar-refractivity contribution >= 4 is 38.0 Å². The molecular weight excluding hydrogens is 348 g/mol. The number of hydrogen-bond donors (Lipinski definition) is 1. The van der Waals surface area contributed by atoms with Gasteiger partial charge in [-0.15, -0.1) is 11.3 Å². The van der Waals surface area contributed by atoms with Crippen LogP contribution in [-0.4, -0.2) is 5.11 Å². The molecule has 0 radical (unpaired) electrons. The Morgan fingerprint density at radius 1 is 1.19 bits per heavy atom. The summed E-state index contributed by atoms with van der Waals surface area (Å²) in [5.41, 5.74) is 0.821. The van der Waals surface area contributed by atoms with E-state index in [2.05, 4.69) is 22.0 Å². The zero-order chi connectivity index (χ0) is 14.8. The maximum atomic E-state index is 9.99. The van der Waals surface area contributed by atoms with Gasteiger partial charge in [0.05, 0.1) is 11.0 Å². The van der Waals surface area contributed by atoms with Crippen LogP contribution < -0.4 is 4.74 Å². The van der Waals surface area contributed by atoms with E-state index in [1.807, 2.05) is 41.8 Å². The number of fused-ring (bicyclic) bond motifs is 1. The molecule has 108 valence electrons. The first-order valence-corrected chi connectivity index (χ1v) is 8.38. The van der Waals surface area contributed by atoms with Crippen LogP contribution in [0.5, 0.6) is 5.75 Å². The molecular formula is C17H15BrO2S. The minimum Gasteiger partial charge on any atom is -0.487 e. The number of thiophene rings is 1. The van der Waals surface area contributed by atoms with Crippen LogP contribution >= 0.6 is 27.3 Å². The van der Waals surface area contributed by atoms with Crippen LogP contribution in [-0.2, 0) is 6.61 Å². The first kappa shape index (κ1) is 14.6. The number of rotatable bonds is 4. The highest BCUT2D eigenvalue weighted by molar-refractivity contribution is 9.10. The number of hydrogen-bond acceptors (Lipinski definition) is 3. The fraction of sp³-hybridized carbons (Fsp3) is 0.176. The zero-order valence-electron chi connectivity index (χ0n) is 11.5. The van der Waals surface area contributed by atoms with Crippen molar-refractivity contribution < 1.29 is 9.84 Å². The van der Waals surface area contributed by atoms with Gasteiger partial charge in [-0.3, -0.25) is 0 Å². The predicted molar refractivity (Wildman–Crippen MR) is 90.9 cm³/mol. The fourth-order valence-electron chi connectivity index (χ4n) is 2.32. The van der Waals surface area contributed by atoms with E-state index in [9.17, 15) is 5.11 Å². The summed E-state index contributed by atoms with van der Waals surface area (Å²) in [6.07, 6.45) is -0.559. The summed E-state index contributed by atoms with van der Waals surface area (Å²) in [5.74, 6) is 0.767. The molecule has 0 bridgehead atoms. The number of ether oxygens (including phenoxy) is 1. The monoisotopic (exact) mass is 362 g/mol. The van der Waals surface area contributed by atoms with Crippen LogP contribution in [0, 0.1) is 0 Å². The SMILES string of the molecule is C[C@H](O)c1ccc2ccccc2c1OCc1sccc1Br. The standard InChI is InChI=1S/C17H15BrO2S/c1-11(19)13-7-6-12-4-2-3-5-14(12)17(13)20-10-16-15(18)8-9-21-16/h2-9,11,19H,10H2,1H3/t11-/m0/s1. The number of aliphatic hydroxyl groups excluding tert-OH is 1. The highest BCUT2D eigenvalue weighted by Crippen LogP contribution is 2.35. The zero-order valence-corrected chi connectivity index (χ0v) is 13.9. The van der Waals surface area contributed by atoms with E-state index in [0.717, 1.165) is 31.4 Å². The summed E-state index contributed by atoms with van der Waals surface area (Å²) < 4.78 is 7.12. The van der Waals surface area contributed by atoms with Crippen molar-refractivity contribution in [1.29, 1.82) is 0 Å². The number of halogens is 1. The third-order valence-electron chi connectivity index (χ3n) is 3.40. The Morgan fingerprint density at radius 2 is 2.00 bits per heavy atom. The van der Waals surface area contributed by atoms with Crippen LogP contribution in [0.3, 0.4) is 0 Å². The van der Waals surface area contributed by atoms with Gasteiger partial charge >= 0.3 is 0 Å². The smallest absolute Gasteiger partial charge is 0.133 e. The molecule has 0 saturated carbocycles. The largest absolute Gasteiger partial charge is 0.487 e. The molecule has 0 spiro atoms. The Hall–Kier alpha value is -1.36. The molecule has 3 rings (SSSR count). The summed E-state index contributed by atoms with van der Waals surface area (Å²) in [5, 5.41) is 14.2. The van der Waals surface area contributed by atoms with E-state index in [4.69, 9.17) is 4.74 Å². The van der Waals surface area contributed by atoms with Crippen LogP contribution in [0.4, 0.5) is 0 Å². The summed E-state index contributed by atoms with van der Waals surface area (Å²) in [4.78, 5) is 1.14. The lowest BCUT2D eigenvalue weighted by Gasteiger charge is -2.16. The molecule has 1 N–H and O–H groups in total. The molecule has 2 aromatic carbocycles. The van der Waals surface area contributed by atoms with Crippen LogP contribution in [0.1, 0.15) is 23.5 Å². The van der Waals surface area contributed by atoms with E-state index in [1.54, 1.807) is 18.3 Å². The third-order valence-corrected chi connectivity index (χ3v) is 5.30. The van der Waals surface area contributed by atoms with Crippen LogP contribution in [0.25, 0.3) is 10.8 Å². The van der Waals surface area contributed by atoms with Gasteiger partial charge in [0, 0.05) is 15.4 Å².